The summed E-state index contributed by atoms with van der Waals surface area (Å²) in [6, 6.07) is 22.9. The van der Waals surface area contributed by atoms with Crippen LogP contribution in [0.15, 0.2) is 77.3 Å². The molecule has 4 rings (SSSR count). The molecule has 0 radical (unpaired) electrons. The quantitative estimate of drug-likeness (QED) is 0.451. The summed E-state index contributed by atoms with van der Waals surface area (Å²) in [6.45, 7) is 8.38. The molecule has 0 aliphatic carbocycles. The highest BCUT2D eigenvalue weighted by atomic mass is 79.9. The Morgan fingerprint density at radius 1 is 0.857 bits per heavy atom. The van der Waals surface area contributed by atoms with Crippen LogP contribution in [0, 0.1) is 6.92 Å². The molecule has 3 aromatic rings. The zero-order valence-corrected chi connectivity index (χ0v) is 21.8. The summed E-state index contributed by atoms with van der Waals surface area (Å²) in [5.41, 5.74) is 2.62. The van der Waals surface area contributed by atoms with E-state index in [0.29, 0.717) is 24.5 Å². The Kier molecular flexibility index (Phi) is 7.45. The molecular weight excluding hydrogens is 506 g/mol. The van der Waals surface area contributed by atoms with Crippen molar-refractivity contribution in [2.45, 2.75) is 26.4 Å². The number of hydrogen-bond donors (Lipinski definition) is 1. The van der Waals surface area contributed by atoms with Gasteiger partial charge in [0.2, 0.25) is 0 Å². The fraction of sp³-hybridized carbons (Fsp3) is 0.286. The van der Waals surface area contributed by atoms with Gasteiger partial charge in [0.1, 0.15) is 5.75 Å². The van der Waals surface area contributed by atoms with Crippen molar-refractivity contribution in [2.24, 2.45) is 0 Å². The van der Waals surface area contributed by atoms with Crippen LogP contribution < -0.4 is 15.0 Å². The molecule has 1 saturated heterocycles. The van der Waals surface area contributed by atoms with E-state index in [0.717, 1.165) is 34.4 Å². The van der Waals surface area contributed by atoms with Crippen molar-refractivity contribution in [1.29, 1.82) is 0 Å². The van der Waals surface area contributed by atoms with E-state index >= 15 is 0 Å². The SMILES string of the molecule is Cc1ccc(C(=O)N2CCN(c3ccc(NC(=O)C(C)(C)Oc4ccc(Br)cc4)cc3)CC2)cc1. The number of ether oxygens (including phenoxy) is 1. The number of carbonyl (C=O) groups is 2. The van der Waals surface area contributed by atoms with Crippen LogP contribution in [0.5, 0.6) is 5.75 Å². The molecule has 35 heavy (non-hydrogen) atoms. The summed E-state index contributed by atoms with van der Waals surface area (Å²) in [4.78, 5) is 29.8. The number of carbonyl (C=O) groups excluding carboxylic acids is 2. The van der Waals surface area contributed by atoms with Crippen molar-refractivity contribution in [2.75, 3.05) is 36.4 Å². The summed E-state index contributed by atoms with van der Waals surface area (Å²) < 4.78 is 6.85. The maximum Gasteiger partial charge on any atom is 0.267 e. The van der Waals surface area contributed by atoms with E-state index in [4.69, 9.17) is 4.74 Å². The van der Waals surface area contributed by atoms with E-state index in [1.807, 2.05) is 84.6 Å². The van der Waals surface area contributed by atoms with Crippen molar-refractivity contribution < 1.29 is 14.3 Å². The van der Waals surface area contributed by atoms with E-state index in [2.05, 4.69) is 26.1 Å². The summed E-state index contributed by atoms with van der Waals surface area (Å²) in [5.74, 6) is 0.482. The molecule has 0 spiro atoms. The lowest BCUT2D eigenvalue weighted by molar-refractivity contribution is -0.128. The van der Waals surface area contributed by atoms with E-state index < -0.39 is 5.60 Å². The van der Waals surface area contributed by atoms with Gasteiger partial charge in [-0.1, -0.05) is 33.6 Å². The van der Waals surface area contributed by atoms with Gasteiger partial charge < -0.3 is 19.9 Å². The fourth-order valence-electron chi connectivity index (χ4n) is 3.93. The fourth-order valence-corrected chi connectivity index (χ4v) is 4.19. The van der Waals surface area contributed by atoms with Gasteiger partial charge in [0, 0.05) is 47.6 Å². The Morgan fingerprint density at radius 3 is 2.06 bits per heavy atom. The number of rotatable bonds is 6. The third-order valence-corrected chi connectivity index (χ3v) is 6.62. The monoisotopic (exact) mass is 535 g/mol. The average molecular weight is 536 g/mol. The van der Waals surface area contributed by atoms with Crippen LogP contribution in [0.1, 0.15) is 29.8 Å². The van der Waals surface area contributed by atoms with E-state index in [1.54, 1.807) is 13.8 Å². The van der Waals surface area contributed by atoms with Gasteiger partial charge in [-0.2, -0.15) is 0 Å². The minimum Gasteiger partial charge on any atom is -0.478 e. The topological polar surface area (TPSA) is 61.9 Å². The van der Waals surface area contributed by atoms with Gasteiger partial charge in [-0.05, 0) is 81.4 Å². The highest BCUT2D eigenvalue weighted by molar-refractivity contribution is 9.10. The predicted molar refractivity (Wildman–Crippen MR) is 143 cm³/mol. The first-order valence-electron chi connectivity index (χ1n) is 11.7. The highest BCUT2D eigenvalue weighted by Crippen LogP contribution is 2.24. The molecule has 0 atom stereocenters. The summed E-state index contributed by atoms with van der Waals surface area (Å²) in [7, 11) is 0. The molecule has 0 unspecified atom stereocenters. The largest absolute Gasteiger partial charge is 0.478 e. The van der Waals surface area contributed by atoms with Crippen molar-refractivity contribution in [3.05, 3.63) is 88.4 Å². The standard InChI is InChI=1S/C28H30BrN3O3/c1-20-4-6-21(7-5-20)26(33)32-18-16-31(17-19-32)24-12-10-23(11-13-24)30-27(34)28(2,3)35-25-14-8-22(29)9-15-25/h4-15H,16-19H2,1-3H3,(H,30,34). The maximum absolute atomic E-state index is 12.8. The van der Waals surface area contributed by atoms with Crippen LogP contribution >= 0.6 is 15.9 Å². The van der Waals surface area contributed by atoms with Gasteiger partial charge in [0.05, 0.1) is 0 Å². The normalized spacial score (nSPS) is 13.9. The molecule has 1 aliphatic heterocycles. The predicted octanol–water partition coefficient (Wildman–Crippen LogP) is 5.52. The minimum atomic E-state index is -1.03. The number of nitrogens with one attached hydrogen (secondary N) is 1. The van der Waals surface area contributed by atoms with Gasteiger partial charge in [-0.15, -0.1) is 0 Å². The van der Waals surface area contributed by atoms with E-state index in [9.17, 15) is 9.59 Å². The third kappa shape index (κ3) is 6.22. The van der Waals surface area contributed by atoms with Crippen molar-refractivity contribution in [1.82, 2.24) is 4.90 Å². The molecule has 0 saturated carbocycles. The van der Waals surface area contributed by atoms with Gasteiger partial charge >= 0.3 is 0 Å². The second-order valence-corrected chi connectivity index (χ2v) is 10.1. The number of halogens is 1. The molecule has 0 aromatic heterocycles. The smallest absolute Gasteiger partial charge is 0.267 e. The molecule has 1 aliphatic rings. The van der Waals surface area contributed by atoms with Crippen molar-refractivity contribution in [3.63, 3.8) is 0 Å². The number of piperazine rings is 1. The molecule has 182 valence electrons. The van der Waals surface area contributed by atoms with Gasteiger partial charge in [0.25, 0.3) is 11.8 Å². The first-order chi connectivity index (χ1) is 16.7. The van der Waals surface area contributed by atoms with Gasteiger partial charge in [-0.25, -0.2) is 0 Å². The number of nitrogens with zero attached hydrogens (tertiary/aromatic N) is 2. The molecule has 3 aromatic carbocycles. The van der Waals surface area contributed by atoms with Crippen LogP contribution in [0.2, 0.25) is 0 Å². The summed E-state index contributed by atoms with van der Waals surface area (Å²) in [5, 5.41) is 2.94. The Balaban J connectivity index is 1.31. The Bertz CT molecular complexity index is 1170. The Morgan fingerprint density at radius 2 is 1.46 bits per heavy atom. The first kappa shape index (κ1) is 24.8. The highest BCUT2D eigenvalue weighted by Gasteiger charge is 2.30. The zero-order chi connectivity index (χ0) is 25.0. The van der Waals surface area contributed by atoms with Crippen LogP contribution in [0.3, 0.4) is 0 Å². The molecule has 1 fully saturated rings. The number of amides is 2. The molecular formula is C28H30BrN3O3. The van der Waals surface area contributed by atoms with Gasteiger partial charge in [-0.3, -0.25) is 9.59 Å². The molecule has 6 nitrogen and oxygen atoms in total. The molecule has 2 amide bonds. The second kappa shape index (κ2) is 10.5. The number of benzene rings is 3. The lowest BCUT2D eigenvalue weighted by atomic mass is 10.1. The first-order valence-corrected chi connectivity index (χ1v) is 12.5. The van der Waals surface area contributed by atoms with E-state index in [1.165, 1.54) is 0 Å². The van der Waals surface area contributed by atoms with Crippen LogP contribution in [0.25, 0.3) is 0 Å². The molecule has 1 heterocycles. The van der Waals surface area contributed by atoms with Gasteiger partial charge in [0.15, 0.2) is 5.60 Å². The molecule has 7 heteroatoms. The summed E-state index contributed by atoms with van der Waals surface area (Å²) in [6.07, 6.45) is 0. The second-order valence-electron chi connectivity index (χ2n) is 9.21. The molecule has 0 bridgehead atoms. The zero-order valence-electron chi connectivity index (χ0n) is 20.3. The van der Waals surface area contributed by atoms with Crippen LogP contribution in [0.4, 0.5) is 11.4 Å². The number of anilines is 2. The lowest BCUT2D eigenvalue weighted by Gasteiger charge is -2.36. The van der Waals surface area contributed by atoms with Crippen molar-refractivity contribution >= 4 is 39.1 Å². The van der Waals surface area contributed by atoms with Crippen molar-refractivity contribution in [3.8, 4) is 5.75 Å². The average Bonchev–Trinajstić information content (AvgIpc) is 2.86. The van der Waals surface area contributed by atoms with Crippen LogP contribution in [-0.4, -0.2) is 48.5 Å². The van der Waals surface area contributed by atoms with Crippen LogP contribution in [-0.2, 0) is 4.79 Å². The van der Waals surface area contributed by atoms with E-state index in [-0.39, 0.29) is 11.8 Å². The third-order valence-electron chi connectivity index (χ3n) is 6.09. The number of hydrogen-bond acceptors (Lipinski definition) is 4. The lowest BCUT2D eigenvalue weighted by Crippen LogP contribution is -2.48. The molecule has 1 N–H and O–H groups in total. The minimum absolute atomic E-state index is 0.0793. The summed E-state index contributed by atoms with van der Waals surface area (Å²) >= 11 is 3.40. The maximum atomic E-state index is 12.8. The Labute approximate surface area is 215 Å². The number of aryl methyl sites for hydroxylation is 1. The Hall–Kier alpha value is -3.32.